The zero-order valence-electron chi connectivity index (χ0n) is 11.8. The predicted octanol–water partition coefficient (Wildman–Crippen LogP) is 2.74. The number of amides is 1. The van der Waals surface area contributed by atoms with Crippen LogP contribution in [0.1, 0.15) is 43.6 Å². The monoisotopic (exact) mass is 246 g/mol. The van der Waals surface area contributed by atoms with Crippen LogP contribution in [-0.2, 0) is 0 Å². The van der Waals surface area contributed by atoms with E-state index in [4.69, 9.17) is 5.73 Å². The molecule has 2 rings (SSSR count). The SMILES string of the molecule is Cc1ccc(C(=O)NC2C(C)(C)C2(C)C)cc1N. The zero-order valence-corrected chi connectivity index (χ0v) is 11.8. The van der Waals surface area contributed by atoms with Crippen LogP contribution in [-0.4, -0.2) is 11.9 Å². The Bertz CT molecular complexity index is 489. The summed E-state index contributed by atoms with van der Waals surface area (Å²) in [5, 5.41) is 3.10. The molecule has 1 saturated carbocycles. The lowest BCUT2D eigenvalue weighted by Gasteiger charge is -2.08. The molecule has 3 nitrogen and oxygen atoms in total. The van der Waals surface area contributed by atoms with Crippen molar-refractivity contribution in [1.29, 1.82) is 0 Å². The summed E-state index contributed by atoms with van der Waals surface area (Å²) in [5.41, 5.74) is 8.43. The standard InChI is InChI=1S/C15H22N2O/c1-9-6-7-10(8-11(9)16)12(18)17-13-14(2,3)15(13,4)5/h6-8,13H,16H2,1-5H3,(H,17,18). The van der Waals surface area contributed by atoms with E-state index < -0.39 is 0 Å². The highest BCUT2D eigenvalue weighted by Crippen LogP contribution is 2.62. The molecule has 0 aliphatic heterocycles. The number of hydrogen-bond donors (Lipinski definition) is 2. The van der Waals surface area contributed by atoms with Crippen LogP contribution in [0.5, 0.6) is 0 Å². The first kappa shape index (κ1) is 12.9. The molecule has 0 spiro atoms. The number of benzene rings is 1. The summed E-state index contributed by atoms with van der Waals surface area (Å²) in [6, 6.07) is 5.67. The molecule has 0 saturated heterocycles. The van der Waals surface area contributed by atoms with Crippen LogP contribution >= 0.6 is 0 Å². The van der Waals surface area contributed by atoms with Crippen LogP contribution in [0, 0.1) is 17.8 Å². The van der Waals surface area contributed by atoms with E-state index in [1.54, 1.807) is 6.07 Å². The molecule has 1 amide bonds. The second-order valence-electron chi connectivity index (χ2n) is 6.42. The third-order valence-electron chi connectivity index (χ3n) is 4.84. The predicted molar refractivity (Wildman–Crippen MR) is 74.4 cm³/mol. The average molecular weight is 246 g/mol. The highest BCUT2D eigenvalue weighted by molar-refractivity contribution is 5.95. The number of hydrogen-bond acceptors (Lipinski definition) is 2. The maximum absolute atomic E-state index is 12.2. The molecule has 1 aromatic rings. The summed E-state index contributed by atoms with van der Waals surface area (Å²) in [6.45, 7) is 10.7. The molecule has 18 heavy (non-hydrogen) atoms. The van der Waals surface area contributed by atoms with Crippen molar-refractivity contribution in [3.8, 4) is 0 Å². The quantitative estimate of drug-likeness (QED) is 0.788. The van der Waals surface area contributed by atoms with E-state index in [0.29, 0.717) is 11.3 Å². The van der Waals surface area contributed by atoms with Gasteiger partial charge in [-0.15, -0.1) is 0 Å². The van der Waals surface area contributed by atoms with E-state index >= 15 is 0 Å². The van der Waals surface area contributed by atoms with Gasteiger partial charge in [0.15, 0.2) is 0 Å². The average Bonchev–Trinajstić information content (AvgIpc) is 2.65. The number of carbonyl (C=O) groups is 1. The van der Waals surface area contributed by atoms with Gasteiger partial charge in [-0.3, -0.25) is 4.79 Å². The number of carbonyl (C=O) groups excluding carboxylic acids is 1. The summed E-state index contributed by atoms with van der Waals surface area (Å²) in [7, 11) is 0. The number of rotatable bonds is 2. The molecule has 3 N–H and O–H groups in total. The van der Waals surface area contributed by atoms with Crippen molar-refractivity contribution in [2.24, 2.45) is 10.8 Å². The van der Waals surface area contributed by atoms with E-state index in [2.05, 4.69) is 33.0 Å². The minimum Gasteiger partial charge on any atom is -0.398 e. The Hall–Kier alpha value is -1.51. The van der Waals surface area contributed by atoms with Gasteiger partial charge in [-0.1, -0.05) is 33.8 Å². The maximum atomic E-state index is 12.2. The van der Waals surface area contributed by atoms with Crippen LogP contribution in [0.4, 0.5) is 5.69 Å². The molecular weight excluding hydrogens is 224 g/mol. The van der Waals surface area contributed by atoms with Crippen molar-refractivity contribution < 1.29 is 4.79 Å². The minimum atomic E-state index is -0.0367. The molecule has 0 atom stereocenters. The molecule has 0 unspecified atom stereocenters. The first-order chi connectivity index (χ1) is 8.18. The van der Waals surface area contributed by atoms with Crippen molar-refractivity contribution in [3.05, 3.63) is 29.3 Å². The molecule has 0 radical (unpaired) electrons. The van der Waals surface area contributed by atoms with Gasteiger partial charge < -0.3 is 11.1 Å². The van der Waals surface area contributed by atoms with E-state index in [1.165, 1.54) is 0 Å². The van der Waals surface area contributed by atoms with E-state index in [9.17, 15) is 4.79 Å². The molecule has 1 aliphatic rings. The molecule has 1 aromatic carbocycles. The Morgan fingerprint density at radius 2 is 1.78 bits per heavy atom. The number of nitrogens with one attached hydrogen (secondary N) is 1. The second kappa shape index (κ2) is 3.74. The highest BCUT2D eigenvalue weighted by atomic mass is 16.1. The van der Waals surface area contributed by atoms with Crippen LogP contribution in [0.2, 0.25) is 0 Å². The van der Waals surface area contributed by atoms with Gasteiger partial charge in [0.05, 0.1) is 0 Å². The fraction of sp³-hybridized carbons (Fsp3) is 0.533. The molecule has 0 aromatic heterocycles. The van der Waals surface area contributed by atoms with Crippen molar-refractivity contribution in [1.82, 2.24) is 5.32 Å². The topological polar surface area (TPSA) is 55.1 Å². The molecule has 3 heteroatoms. The normalized spacial score (nSPS) is 20.5. The van der Waals surface area contributed by atoms with Gasteiger partial charge in [-0.2, -0.15) is 0 Å². The summed E-state index contributed by atoms with van der Waals surface area (Å²) in [6.07, 6.45) is 0. The van der Waals surface area contributed by atoms with Crippen LogP contribution in [0.15, 0.2) is 18.2 Å². The first-order valence-corrected chi connectivity index (χ1v) is 6.35. The number of anilines is 1. The van der Waals surface area contributed by atoms with Gasteiger partial charge in [0.2, 0.25) is 0 Å². The summed E-state index contributed by atoms with van der Waals surface area (Å²) >= 11 is 0. The smallest absolute Gasteiger partial charge is 0.251 e. The van der Waals surface area contributed by atoms with Gasteiger partial charge in [-0.05, 0) is 35.4 Å². The van der Waals surface area contributed by atoms with Crippen molar-refractivity contribution in [2.45, 2.75) is 40.7 Å². The minimum absolute atomic E-state index is 0.0367. The summed E-state index contributed by atoms with van der Waals surface area (Å²) in [4.78, 5) is 12.2. The van der Waals surface area contributed by atoms with Gasteiger partial charge in [0, 0.05) is 17.3 Å². The van der Waals surface area contributed by atoms with Gasteiger partial charge >= 0.3 is 0 Å². The van der Waals surface area contributed by atoms with Gasteiger partial charge in [0.25, 0.3) is 5.91 Å². The Labute approximate surface area is 109 Å². The van der Waals surface area contributed by atoms with E-state index in [0.717, 1.165) is 5.56 Å². The van der Waals surface area contributed by atoms with E-state index in [1.807, 2.05) is 19.1 Å². The largest absolute Gasteiger partial charge is 0.398 e. The Kier molecular flexibility index (Phi) is 2.69. The lowest BCUT2D eigenvalue weighted by Crippen LogP contribution is -2.29. The molecule has 0 heterocycles. The first-order valence-electron chi connectivity index (χ1n) is 6.35. The molecule has 0 bridgehead atoms. The van der Waals surface area contributed by atoms with Crippen LogP contribution in [0.3, 0.4) is 0 Å². The molecular formula is C15H22N2O. The Balaban J connectivity index is 2.12. The third kappa shape index (κ3) is 1.78. The fourth-order valence-electron chi connectivity index (χ4n) is 2.55. The number of nitrogen functional groups attached to an aromatic ring is 1. The molecule has 98 valence electrons. The summed E-state index contributed by atoms with van der Waals surface area (Å²) < 4.78 is 0. The Morgan fingerprint density at radius 1 is 1.22 bits per heavy atom. The van der Waals surface area contributed by atoms with Crippen LogP contribution < -0.4 is 11.1 Å². The van der Waals surface area contributed by atoms with Crippen LogP contribution in [0.25, 0.3) is 0 Å². The maximum Gasteiger partial charge on any atom is 0.251 e. The van der Waals surface area contributed by atoms with Crippen molar-refractivity contribution in [3.63, 3.8) is 0 Å². The second-order valence-corrected chi connectivity index (χ2v) is 6.42. The summed E-state index contributed by atoms with van der Waals surface area (Å²) in [5.74, 6) is -0.0367. The lowest BCUT2D eigenvalue weighted by atomic mass is 10.0. The number of nitrogens with two attached hydrogens (primary N) is 1. The van der Waals surface area contributed by atoms with Gasteiger partial charge in [0.1, 0.15) is 0 Å². The number of aryl methyl sites for hydroxylation is 1. The van der Waals surface area contributed by atoms with Gasteiger partial charge in [-0.25, -0.2) is 0 Å². The fourth-order valence-corrected chi connectivity index (χ4v) is 2.55. The van der Waals surface area contributed by atoms with Crippen molar-refractivity contribution >= 4 is 11.6 Å². The van der Waals surface area contributed by atoms with E-state index in [-0.39, 0.29) is 22.8 Å². The zero-order chi connectivity index (χ0) is 13.7. The van der Waals surface area contributed by atoms with Crippen molar-refractivity contribution in [2.75, 3.05) is 5.73 Å². The molecule has 1 aliphatic carbocycles. The third-order valence-corrected chi connectivity index (χ3v) is 4.84. The highest BCUT2D eigenvalue weighted by Gasteiger charge is 2.65. The molecule has 1 fully saturated rings. The Morgan fingerprint density at radius 3 is 2.22 bits per heavy atom. The lowest BCUT2D eigenvalue weighted by molar-refractivity contribution is 0.0943.